The molecular weight excluding hydrogens is 302 g/mol. The van der Waals surface area contributed by atoms with Gasteiger partial charge in [-0.2, -0.15) is 0 Å². The fourth-order valence-electron chi connectivity index (χ4n) is 4.13. The van der Waals surface area contributed by atoms with Gasteiger partial charge in [0.05, 0.1) is 6.04 Å². The Morgan fingerprint density at radius 1 is 1.17 bits per heavy atom. The summed E-state index contributed by atoms with van der Waals surface area (Å²) in [6.07, 6.45) is 6.92. The molecule has 0 radical (unpaired) electrons. The highest BCUT2D eigenvalue weighted by Gasteiger charge is 2.38. The molecule has 2 heteroatoms. The molecule has 1 aliphatic heterocycles. The molecule has 2 aliphatic rings. The fraction of sp³-hybridized carbons (Fsp3) is 0.333. The standard InChI is InChI=1S/C21H22ClN/c1-3-14-7-9-15(10-8-14)21-18-6-4-5-17(18)19-12-16(22)11-13(2)20(19)23-21/h4-5,7-12,17-18,21,23H,3,6H2,1-2H3/t17-,18+,21+/m1/s1. The monoisotopic (exact) mass is 323 g/mol. The van der Waals surface area contributed by atoms with Crippen molar-refractivity contribution in [3.8, 4) is 0 Å². The van der Waals surface area contributed by atoms with Crippen LogP contribution >= 0.6 is 11.6 Å². The molecule has 1 nitrogen and oxygen atoms in total. The molecule has 23 heavy (non-hydrogen) atoms. The Balaban J connectivity index is 1.78. The van der Waals surface area contributed by atoms with E-state index in [1.807, 2.05) is 0 Å². The molecule has 0 spiro atoms. The number of anilines is 1. The summed E-state index contributed by atoms with van der Waals surface area (Å²) in [5.41, 5.74) is 6.65. The number of hydrogen-bond donors (Lipinski definition) is 1. The van der Waals surface area contributed by atoms with E-state index in [1.165, 1.54) is 27.9 Å². The van der Waals surface area contributed by atoms with Crippen molar-refractivity contribution in [3.05, 3.63) is 75.8 Å². The largest absolute Gasteiger partial charge is 0.377 e. The number of nitrogens with one attached hydrogen (secondary N) is 1. The molecule has 0 amide bonds. The lowest BCUT2D eigenvalue weighted by molar-refractivity contribution is 0.425. The lowest BCUT2D eigenvalue weighted by Gasteiger charge is -2.38. The summed E-state index contributed by atoms with van der Waals surface area (Å²) < 4.78 is 0. The molecule has 4 rings (SSSR count). The second-order valence-corrected chi connectivity index (χ2v) is 7.19. The Labute approximate surface area is 143 Å². The topological polar surface area (TPSA) is 12.0 Å². The van der Waals surface area contributed by atoms with Gasteiger partial charge in [0.2, 0.25) is 0 Å². The summed E-state index contributed by atoms with van der Waals surface area (Å²) in [6, 6.07) is 13.7. The minimum absolute atomic E-state index is 0.369. The molecule has 0 saturated heterocycles. The van der Waals surface area contributed by atoms with E-state index in [4.69, 9.17) is 11.6 Å². The molecule has 118 valence electrons. The van der Waals surface area contributed by atoms with Gasteiger partial charge in [0.25, 0.3) is 0 Å². The third kappa shape index (κ3) is 2.48. The first-order valence-corrected chi connectivity index (χ1v) is 8.87. The van der Waals surface area contributed by atoms with E-state index in [1.54, 1.807) is 0 Å². The van der Waals surface area contributed by atoms with E-state index in [0.29, 0.717) is 17.9 Å². The average molecular weight is 324 g/mol. The number of halogens is 1. The normalized spacial score (nSPS) is 24.9. The Kier molecular flexibility index (Phi) is 3.69. The zero-order valence-electron chi connectivity index (χ0n) is 13.6. The van der Waals surface area contributed by atoms with Gasteiger partial charge in [-0.25, -0.2) is 0 Å². The van der Waals surface area contributed by atoms with Gasteiger partial charge in [0.1, 0.15) is 0 Å². The zero-order valence-corrected chi connectivity index (χ0v) is 14.4. The van der Waals surface area contributed by atoms with Crippen molar-refractivity contribution in [3.63, 3.8) is 0 Å². The number of allylic oxidation sites excluding steroid dienone is 2. The van der Waals surface area contributed by atoms with E-state index in [2.05, 4.69) is 67.7 Å². The van der Waals surface area contributed by atoms with E-state index in [0.717, 1.165) is 17.9 Å². The van der Waals surface area contributed by atoms with Crippen molar-refractivity contribution < 1.29 is 0 Å². The summed E-state index contributed by atoms with van der Waals surface area (Å²) in [6.45, 7) is 4.35. The van der Waals surface area contributed by atoms with Crippen LogP contribution in [-0.4, -0.2) is 0 Å². The van der Waals surface area contributed by atoms with Gasteiger partial charge in [-0.3, -0.25) is 0 Å². The Hall–Kier alpha value is -1.73. The first-order valence-electron chi connectivity index (χ1n) is 8.49. The first-order chi connectivity index (χ1) is 11.2. The van der Waals surface area contributed by atoms with E-state index in [-0.39, 0.29) is 0 Å². The number of fused-ring (bicyclic) bond motifs is 3. The van der Waals surface area contributed by atoms with Crippen molar-refractivity contribution in [2.24, 2.45) is 5.92 Å². The predicted molar refractivity (Wildman–Crippen MR) is 98.4 cm³/mol. The maximum atomic E-state index is 6.31. The smallest absolute Gasteiger partial charge is 0.0554 e. The van der Waals surface area contributed by atoms with Crippen LogP contribution in [0.4, 0.5) is 5.69 Å². The molecule has 1 aliphatic carbocycles. The second kappa shape index (κ2) is 5.72. The highest BCUT2D eigenvalue weighted by Crippen LogP contribution is 2.51. The van der Waals surface area contributed by atoms with Crippen LogP contribution in [0.5, 0.6) is 0 Å². The van der Waals surface area contributed by atoms with E-state index < -0.39 is 0 Å². The second-order valence-electron chi connectivity index (χ2n) is 6.76. The van der Waals surface area contributed by atoms with Crippen molar-refractivity contribution in [1.82, 2.24) is 0 Å². The molecule has 1 N–H and O–H groups in total. The van der Waals surface area contributed by atoms with E-state index >= 15 is 0 Å². The number of rotatable bonds is 2. The van der Waals surface area contributed by atoms with Crippen LogP contribution in [0.25, 0.3) is 0 Å². The van der Waals surface area contributed by atoms with Crippen LogP contribution in [0.3, 0.4) is 0 Å². The third-order valence-corrected chi connectivity index (χ3v) is 5.60. The van der Waals surface area contributed by atoms with Gasteiger partial charge in [-0.05, 0) is 60.1 Å². The lowest BCUT2D eigenvalue weighted by atomic mass is 9.76. The highest BCUT2D eigenvalue weighted by atomic mass is 35.5. The number of hydrogen-bond acceptors (Lipinski definition) is 1. The average Bonchev–Trinajstić information content (AvgIpc) is 3.04. The maximum absolute atomic E-state index is 6.31. The van der Waals surface area contributed by atoms with Gasteiger partial charge in [0.15, 0.2) is 0 Å². The third-order valence-electron chi connectivity index (χ3n) is 5.38. The zero-order chi connectivity index (χ0) is 16.0. The quantitative estimate of drug-likeness (QED) is 0.664. The molecule has 0 aromatic heterocycles. The van der Waals surface area contributed by atoms with Crippen LogP contribution in [0.1, 0.15) is 47.6 Å². The molecule has 3 atom stereocenters. The molecule has 0 bridgehead atoms. The fourth-order valence-corrected chi connectivity index (χ4v) is 4.41. The van der Waals surface area contributed by atoms with Crippen molar-refractivity contribution >= 4 is 17.3 Å². The molecule has 2 aromatic carbocycles. The Morgan fingerprint density at radius 3 is 2.70 bits per heavy atom. The van der Waals surface area contributed by atoms with Crippen molar-refractivity contribution in [2.45, 2.75) is 38.6 Å². The minimum atomic E-state index is 0.369. The molecular formula is C21H22ClN. The van der Waals surface area contributed by atoms with Crippen molar-refractivity contribution in [2.75, 3.05) is 5.32 Å². The molecule has 1 heterocycles. The lowest BCUT2D eigenvalue weighted by Crippen LogP contribution is -2.29. The summed E-state index contributed by atoms with van der Waals surface area (Å²) >= 11 is 6.31. The number of aryl methyl sites for hydroxylation is 2. The van der Waals surface area contributed by atoms with Crippen LogP contribution in [-0.2, 0) is 6.42 Å². The van der Waals surface area contributed by atoms with Gasteiger partial charge in [-0.1, -0.05) is 54.9 Å². The number of benzene rings is 2. The Morgan fingerprint density at radius 2 is 1.96 bits per heavy atom. The first kappa shape index (κ1) is 14.8. The van der Waals surface area contributed by atoms with E-state index in [9.17, 15) is 0 Å². The summed E-state index contributed by atoms with van der Waals surface area (Å²) in [5, 5.41) is 4.66. The minimum Gasteiger partial charge on any atom is -0.377 e. The van der Waals surface area contributed by atoms with Gasteiger partial charge >= 0.3 is 0 Å². The van der Waals surface area contributed by atoms with Gasteiger partial charge in [-0.15, -0.1) is 0 Å². The van der Waals surface area contributed by atoms with Crippen molar-refractivity contribution in [1.29, 1.82) is 0 Å². The summed E-state index contributed by atoms with van der Waals surface area (Å²) in [4.78, 5) is 0. The van der Waals surface area contributed by atoms with Crippen LogP contribution in [0, 0.1) is 12.8 Å². The molecule has 2 aromatic rings. The van der Waals surface area contributed by atoms with Gasteiger partial charge < -0.3 is 5.32 Å². The SMILES string of the molecule is CCc1ccc([C@@H]2Nc3c(C)cc(Cl)cc3[C@@H]3C=CC[C@@H]32)cc1. The van der Waals surface area contributed by atoms with Crippen LogP contribution < -0.4 is 5.32 Å². The molecule has 0 unspecified atom stereocenters. The Bertz CT molecular complexity index is 760. The predicted octanol–water partition coefficient (Wildman–Crippen LogP) is 6.04. The maximum Gasteiger partial charge on any atom is 0.0554 e. The molecule has 0 fully saturated rings. The highest BCUT2D eigenvalue weighted by molar-refractivity contribution is 6.30. The van der Waals surface area contributed by atoms with Crippen LogP contribution in [0.15, 0.2) is 48.6 Å². The van der Waals surface area contributed by atoms with Gasteiger partial charge in [0, 0.05) is 16.6 Å². The summed E-state index contributed by atoms with van der Waals surface area (Å²) in [5.74, 6) is 1.05. The van der Waals surface area contributed by atoms with Crippen LogP contribution in [0.2, 0.25) is 5.02 Å². The molecule has 0 saturated carbocycles. The summed E-state index contributed by atoms with van der Waals surface area (Å²) in [7, 11) is 0.